The first kappa shape index (κ1) is 15.2. The molecule has 3 N–H and O–H groups in total. The van der Waals surface area contributed by atoms with Gasteiger partial charge in [0.15, 0.2) is 0 Å². The minimum Gasteiger partial charge on any atom is -0.447 e. The Hall–Kier alpha value is -0.890. The maximum absolute atomic E-state index is 12.0. The van der Waals surface area contributed by atoms with Gasteiger partial charge in [-0.3, -0.25) is 0 Å². The highest BCUT2D eigenvalue weighted by Crippen LogP contribution is 2.15. The van der Waals surface area contributed by atoms with Crippen molar-refractivity contribution in [3.8, 4) is 0 Å². The first-order valence-electron chi connectivity index (χ1n) is 5.77. The Morgan fingerprint density at radius 3 is 2.56 bits per heavy atom. The normalized spacial score (nSPS) is 14.1. The van der Waals surface area contributed by atoms with Crippen LogP contribution >= 0.6 is 0 Å². The molecule has 7 heteroatoms. The largest absolute Gasteiger partial charge is 0.447 e. The van der Waals surface area contributed by atoms with E-state index < -0.39 is 16.1 Å². The van der Waals surface area contributed by atoms with Gasteiger partial charge in [-0.15, -0.1) is 0 Å². The van der Waals surface area contributed by atoms with Crippen LogP contribution < -0.4 is 10.0 Å². The van der Waals surface area contributed by atoms with Gasteiger partial charge < -0.3 is 14.8 Å². The Morgan fingerprint density at radius 1 is 1.39 bits per heavy atom. The smallest absolute Gasteiger partial charge is 0.274 e. The van der Waals surface area contributed by atoms with Gasteiger partial charge in [-0.2, -0.15) is 0 Å². The molecule has 0 unspecified atom stereocenters. The van der Waals surface area contributed by atoms with E-state index in [0.717, 1.165) is 0 Å². The molecule has 0 amide bonds. The molecule has 6 nitrogen and oxygen atoms in total. The Labute approximate surface area is 107 Å². The third kappa shape index (κ3) is 3.81. The lowest BCUT2D eigenvalue weighted by Crippen LogP contribution is -2.40. The van der Waals surface area contributed by atoms with Crippen LogP contribution in [-0.4, -0.2) is 33.2 Å². The van der Waals surface area contributed by atoms with E-state index in [-0.39, 0.29) is 17.6 Å². The number of furan rings is 1. The van der Waals surface area contributed by atoms with Gasteiger partial charge in [-0.05, 0) is 25.1 Å². The van der Waals surface area contributed by atoms with E-state index in [0.29, 0.717) is 12.3 Å². The van der Waals surface area contributed by atoms with Crippen molar-refractivity contribution in [2.45, 2.75) is 31.5 Å². The molecule has 18 heavy (non-hydrogen) atoms. The summed E-state index contributed by atoms with van der Waals surface area (Å²) in [5.74, 6) is 0.541. The van der Waals surface area contributed by atoms with Crippen LogP contribution in [-0.2, 0) is 16.6 Å². The van der Waals surface area contributed by atoms with Gasteiger partial charge in [0.1, 0.15) is 5.76 Å². The van der Waals surface area contributed by atoms with Crippen LogP contribution in [0, 0.1) is 5.92 Å². The van der Waals surface area contributed by atoms with Crippen molar-refractivity contribution in [2.75, 3.05) is 13.7 Å². The van der Waals surface area contributed by atoms with Gasteiger partial charge in [-0.25, -0.2) is 13.1 Å². The summed E-state index contributed by atoms with van der Waals surface area (Å²) in [6.07, 6.45) is 0. The lowest BCUT2D eigenvalue weighted by molar-refractivity contribution is 0.227. The number of aliphatic hydroxyl groups excluding tert-OH is 1. The standard InChI is InChI=1S/C11H20N2O4S/c1-8(2)10(7-14)13-18(15,16)11-5-4-9(17-11)6-12-3/h4-5,8,10,12-14H,6-7H2,1-3H3/t10-/m1/s1. The summed E-state index contributed by atoms with van der Waals surface area (Å²) >= 11 is 0. The highest BCUT2D eigenvalue weighted by molar-refractivity contribution is 7.89. The van der Waals surface area contributed by atoms with Gasteiger partial charge in [0.05, 0.1) is 13.2 Å². The van der Waals surface area contributed by atoms with Crippen LogP contribution in [0.4, 0.5) is 0 Å². The summed E-state index contributed by atoms with van der Waals surface area (Å²) in [7, 11) is -1.97. The fourth-order valence-corrected chi connectivity index (χ4v) is 2.74. The minimum absolute atomic E-state index is 0.00323. The Kier molecular flexibility index (Phi) is 5.33. The highest BCUT2D eigenvalue weighted by atomic mass is 32.2. The van der Waals surface area contributed by atoms with Crippen LogP contribution in [0.15, 0.2) is 21.6 Å². The summed E-state index contributed by atoms with van der Waals surface area (Å²) < 4.78 is 31.6. The Morgan fingerprint density at radius 2 is 2.06 bits per heavy atom. The van der Waals surface area contributed by atoms with Gasteiger partial charge in [0.2, 0.25) is 5.09 Å². The first-order valence-corrected chi connectivity index (χ1v) is 7.25. The van der Waals surface area contributed by atoms with Crippen molar-refractivity contribution in [1.82, 2.24) is 10.0 Å². The molecule has 0 aliphatic carbocycles. The summed E-state index contributed by atoms with van der Waals surface area (Å²) in [6, 6.07) is 2.49. The zero-order valence-electron chi connectivity index (χ0n) is 10.8. The van der Waals surface area contributed by atoms with Crippen molar-refractivity contribution in [2.24, 2.45) is 5.92 Å². The number of sulfonamides is 1. The van der Waals surface area contributed by atoms with Gasteiger partial charge in [0, 0.05) is 6.04 Å². The molecule has 0 radical (unpaired) electrons. The molecular formula is C11H20N2O4S. The van der Waals surface area contributed by atoms with Gasteiger partial charge in [-0.1, -0.05) is 13.8 Å². The predicted octanol–water partition coefficient (Wildman–Crippen LogP) is 0.294. The van der Waals surface area contributed by atoms with Crippen molar-refractivity contribution in [3.05, 3.63) is 17.9 Å². The van der Waals surface area contributed by atoms with E-state index in [1.165, 1.54) is 6.07 Å². The summed E-state index contributed by atoms with van der Waals surface area (Å²) in [5, 5.41) is 11.9. The average Bonchev–Trinajstić information content (AvgIpc) is 2.75. The fraction of sp³-hybridized carbons (Fsp3) is 0.636. The van der Waals surface area contributed by atoms with E-state index >= 15 is 0 Å². The SMILES string of the molecule is CNCc1ccc(S(=O)(=O)N[C@H](CO)C(C)C)o1. The van der Waals surface area contributed by atoms with E-state index in [9.17, 15) is 8.42 Å². The second-order valence-corrected chi connectivity index (χ2v) is 6.05. The van der Waals surface area contributed by atoms with Crippen LogP contribution in [0.25, 0.3) is 0 Å². The summed E-state index contributed by atoms with van der Waals surface area (Å²) in [5.41, 5.74) is 0. The molecule has 0 aliphatic rings. The number of aliphatic hydroxyl groups is 1. The van der Waals surface area contributed by atoms with Crippen molar-refractivity contribution >= 4 is 10.0 Å². The first-order chi connectivity index (χ1) is 8.40. The molecule has 1 aromatic heterocycles. The molecule has 0 aromatic carbocycles. The minimum atomic E-state index is -3.72. The lowest BCUT2D eigenvalue weighted by Gasteiger charge is -2.18. The molecule has 1 atom stereocenters. The molecule has 0 bridgehead atoms. The van der Waals surface area contributed by atoms with Crippen molar-refractivity contribution in [1.29, 1.82) is 0 Å². The molecule has 1 heterocycles. The maximum atomic E-state index is 12.0. The summed E-state index contributed by atoms with van der Waals surface area (Å²) in [4.78, 5) is 0. The molecule has 0 saturated carbocycles. The van der Waals surface area contributed by atoms with Gasteiger partial charge in [0.25, 0.3) is 10.0 Å². The average molecular weight is 276 g/mol. The number of hydrogen-bond donors (Lipinski definition) is 3. The Balaban J connectivity index is 2.85. The molecule has 1 rings (SSSR count). The lowest BCUT2D eigenvalue weighted by atomic mass is 10.1. The molecule has 0 aliphatic heterocycles. The zero-order chi connectivity index (χ0) is 13.8. The maximum Gasteiger partial charge on any atom is 0.274 e. The molecular weight excluding hydrogens is 256 g/mol. The zero-order valence-corrected chi connectivity index (χ0v) is 11.6. The van der Waals surface area contributed by atoms with E-state index in [1.54, 1.807) is 13.1 Å². The van der Waals surface area contributed by atoms with Crippen LogP contribution in [0.3, 0.4) is 0 Å². The molecule has 104 valence electrons. The number of rotatable bonds is 7. The monoisotopic (exact) mass is 276 g/mol. The highest BCUT2D eigenvalue weighted by Gasteiger charge is 2.24. The fourth-order valence-electron chi connectivity index (χ4n) is 1.41. The predicted molar refractivity (Wildman–Crippen MR) is 67.5 cm³/mol. The Bertz CT molecular complexity index is 467. The second-order valence-electron chi connectivity index (χ2n) is 4.41. The van der Waals surface area contributed by atoms with Crippen molar-refractivity contribution < 1.29 is 17.9 Å². The quantitative estimate of drug-likeness (QED) is 0.666. The molecule has 0 spiro atoms. The van der Waals surface area contributed by atoms with E-state index in [2.05, 4.69) is 10.0 Å². The van der Waals surface area contributed by atoms with Gasteiger partial charge >= 0.3 is 0 Å². The van der Waals surface area contributed by atoms with Crippen LogP contribution in [0.2, 0.25) is 0 Å². The molecule has 1 aromatic rings. The summed E-state index contributed by atoms with van der Waals surface area (Å²) in [6.45, 7) is 3.88. The van der Waals surface area contributed by atoms with E-state index in [1.807, 2.05) is 13.8 Å². The van der Waals surface area contributed by atoms with Crippen molar-refractivity contribution in [3.63, 3.8) is 0 Å². The topological polar surface area (TPSA) is 91.6 Å². The third-order valence-corrected chi connectivity index (χ3v) is 3.92. The molecule has 0 saturated heterocycles. The van der Waals surface area contributed by atoms with E-state index in [4.69, 9.17) is 9.52 Å². The van der Waals surface area contributed by atoms with Crippen LogP contribution in [0.5, 0.6) is 0 Å². The van der Waals surface area contributed by atoms with Crippen LogP contribution in [0.1, 0.15) is 19.6 Å². The third-order valence-electron chi connectivity index (χ3n) is 2.56. The number of hydrogen-bond acceptors (Lipinski definition) is 5. The molecule has 0 fully saturated rings. The number of nitrogens with one attached hydrogen (secondary N) is 2. The second kappa shape index (κ2) is 6.33.